The van der Waals surface area contributed by atoms with Crippen molar-refractivity contribution >= 4 is 5.97 Å². The maximum Gasteiger partial charge on any atom is 0.341 e. The lowest BCUT2D eigenvalue weighted by atomic mass is 9.83. The molecule has 0 aromatic heterocycles. The second-order valence-corrected chi connectivity index (χ2v) is 4.09. The lowest BCUT2D eigenvalue weighted by molar-refractivity contribution is -0.160. The molecule has 3 atom stereocenters. The molecule has 1 aliphatic rings. The number of hydrogen-bond donors (Lipinski definition) is 2. The first kappa shape index (κ1) is 11.4. The Hall–Kier alpha value is -0.680. The number of aliphatic hydroxyl groups is 1. The molecule has 2 N–H and O–H groups in total. The van der Waals surface area contributed by atoms with Crippen molar-refractivity contribution in [1.29, 1.82) is 0 Å². The summed E-state index contributed by atoms with van der Waals surface area (Å²) in [6.45, 7) is 2.37. The van der Waals surface area contributed by atoms with Crippen molar-refractivity contribution in [2.24, 2.45) is 0 Å². The van der Waals surface area contributed by atoms with Gasteiger partial charge in [0.15, 0.2) is 0 Å². The molecule has 1 rings (SSSR count). The van der Waals surface area contributed by atoms with Gasteiger partial charge in [0.25, 0.3) is 0 Å². The van der Waals surface area contributed by atoms with E-state index in [1.54, 1.807) is 0 Å². The Morgan fingerprint density at radius 2 is 2.29 bits per heavy atom. The molecule has 0 aromatic rings. The van der Waals surface area contributed by atoms with Crippen molar-refractivity contribution in [2.75, 3.05) is 13.6 Å². The quantitative estimate of drug-likeness (QED) is 0.678. The number of likely N-dealkylation sites (tertiary alicyclic amines) is 1. The number of aliphatic carboxylic acids is 1. The number of rotatable bonds is 2. The molecule has 0 aliphatic carbocycles. The van der Waals surface area contributed by atoms with Gasteiger partial charge in [-0.1, -0.05) is 0 Å². The van der Waals surface area contributed by atoms with Crippen LogP contribution in [0.3, 0.4) is 0 Å². The van der Waals surface area contributed by atoms with E-state index in [-0.39, 0.29) is 18.9 Å². The fraction of sp³-hybridized carbons (Fsp3) is 0.889. The lowest BCUT2D eigenvalue weighted by Crippen LogP contribution is -2.54. The Morgan fingerprint density at radius 3 is 2.71 bits per heavy atom. The van der Waals surface area contributed by atoms with Crippen LogP contribution in [-0.2, 0) is 4.79 Å². The zero-order valence-electron chi connectivity index (χ0n) is 8.40. The number of carboxylic acids is 1. The van der Waals surface area contributed by atoms with Gasteiger partial charge in [-0.25, -0.2) is 9.18 Å². The zero-order chi connectivity index (χ0) is 10.9. The summed E-state index contributed by atoms with van der Waals surface area (Å²) in [5.74, 6) is -1.58. The highest BCUT2D eigenvalue weighted by molar-refractivity contribution is 5.73. The van der Waals surface area contributed by atoms with E-state index >= 15 is 0 Å². The summed E-state index contributed by atoms with van der Waals surface area (Å²) < 4.78 is 13.2. The van der Waals surface area contributed by atoms with Gasteiger partial charge in [-0.05, 0) is 26.8 Å². The minimum Gasteiger partial charge on any atom is -0.479 e. The molecule has 0 amide bonds. The van der Waals surface area contributed by atoms with Crippen LogP contribution >= 0.6 is 0 Å². The lowest BCUT2D eigenvalue weighted by Gasteiger charge is -2.41. The van der Waals surface area contributed by atoms with Crippen molar-refractivity contribution in [3.05, 3.63) is 0 Å². The van der Waals surface area contributed by atoms with Crippen molar-refractivity contribution in [1.82, 2.24) is 4.90 Å². The van der Waals surface area contributed by atoms with E-state index in [2.05, 4.69) is 0 Å². The minimum absolute atomic E-state index is 0.00588. The Labute approximate surface area is 82.3 Å². The van der Waals surface area contributed by atoms with E-state index in [0.717, 1.165) is 0 Å². The summed E-state index contributed by atoms with van der Waals surface area (Å²) in [5, 5.41) is 18.3. The van der Waals surface area contributed by atoms with Gasteiger partial charge >= 0.3 is 5.97 Å². The molecule has 5 heteroatoms. The topological polar surface area (TPSA) is 60.8 Å². The summed E-state index contributed by atoms with van der Waals surface area (Å²) in [5.41, 5.74) is -1.70. The number of halogens is 1. The van der Waals surface area contributed by atoms with Gasteiger partial charge in [0.1, 0.15) is 5.60 Å². The highest BCUT2D eigenvalue weighted by Gasteiger charge is 2.45. The van der Waals surface area contributed by atoms with Crippen LogP contribution in [0, 0.1) is 0 Å². The number of piperidine rings is 1. The first-order chi connectivity index (χ1) is 6.37. The highest BCUT2D eigenvalue weighted by atomic mass is 19.1. The fourth-order valence-corrected chi connectivity index (χ4v) is 1.82. The molecule has 0 radical (unpaired) electrons. The predicted molar refractivity (Wildman–Crippen MR) is 48.8 cm³/mol. The van der Waals surface area contributed by atoms with E-state index in [0.29, 0.717) is 6.54 Å². The van der Waals surface area contributed by atoms with Gasteiger partial charge in [-0.15, -0.1) is 0 Å². The Bertz CT molecular complexity index is 236. The van der Waals surface area contributed by atoms with Gasteiger partial charge in [-0.2, -0.15) is 0 Å². The number of carboxylic acid groups (broad SMARTS) is 1. The number of alkyl halides is 1. The molecule has 3 unspecified atom stereocenters. The molecular formula is C9H16FNO3. The van der Waals surface area contributed by atoms with Crippen LogP contribution < -0.4 is 0 Å². The monoisotopic (exact) mass is 205 g/mol. The van der Waals surface area contributed by atoms with Crippen LogP contribution in [0.2, 0.25) is 0 Å². The molecule has 0 bridgehead atoms. The van der Waals surface area contributed by atoms with E-state index in [1.165, 1.54) is 0 Å². The number of carbonyl (C=O) groups is 1. The zero-order valence-corrected chi connectivity index (χ0v) is 8.40. The third-order valence-electron chi connectivity index (χ3n) is 2.99. The minimum atomic E-state index is -2.18. The Kier molecular flexibility index (Phi) is 3.11. The van der Waals surface area contributed by atoms with Crippen molar-refractivity contribution in [3.8, 4) is 0 Å². The first-order valence-corrected chi connectivity index (χ1v) is 4.66. The summed E-state index contributed by atoms with van der Waals surface area (Å²) in [6, 6.07) is 0.00588. The summed E-state index contributed by atoms with van der Waals surface area (Å²) in [4.78, 5) is 12.4. The normalized spacial score (nSPS) is 36.7. The highest BCUT2D eigenvalue weighted by Crippen LogP contribution is 2.30. The average molecular weight is 205 g/mol. The molecule has 82 valence electrons. The standard InChI is InChI=1S/C9H16FNO3/c1-6-5-9(14,3-4-11(6)2)7(10)8(12)13/h6-7,14H,3-5H2,1-2H3,(H,12,13). The third kappa shape index (κ3) is 2.04. The molecule has 1 saturated heterocycles. The molecule has 14 heavy (non-hydrogen) atoms. The van der Waals surface area contributed by atoms with E-state index in [1.807, 2.05) is 18.9 Å². The number of nitrogens with zero attached hydrogens (tertiary/aromatic N) is 1. The van der Waals surface area contributed by atoms with E-state index in [9.17, 15) is 14.3 Å². The van der Waals surface area contributed by atoms with Crippen LogP contribution in [-0.4, -0.2) is 52.5 Å². The summed E-state index contributed by atoms with van der Waals surface area (Å²) in [7, 11) is 1.87. The number of hydrogen-bond acceptors (Lipinski definition) is 3. The van der Waals surface area contributed by atoms with E-state index in [4.69, 9.17) is 5.11 Å². The molecule has 4 nitrogen and oxygen atoms in total. The molecule has 0 aromatic carbocycles. The average Bonchev–Trinajstić information content (AvgIpc) is 2.11. The van der Waals surface area contributed by atoms with Crippen molar-refractivity contribution < 1.29 is 19.4 Å². The maximum absolute atomic E-state index is 13.2. The fourth-order valence-electron chi connectivity index (χ4n) is 1.82. The molecule has 1 heterocycles. The first-order valence-electron chi connectivity index (χ1n) is 4.66. The molecule has 1 aliphatic heterocycles. The van der Waals surface area contributed by atoms with Gasteiger partial charge in [0.05, 0.1) is 0 Å². The van der Waals surface area contributed by atoms with Crippen molar-refractivity contribution in [3.63, 3.8) is 0 Å². The van der Waals surface area contributed by atoms with Crippen LogP contribution in [0.5, 0.6) is 0 Å². The SMILES string of the molecule is CC1CC(O)(C(F)C(=O)O)CCN1C. The molecule has 0 spiro atoms. The van der Waals surface area contributed by atoms with Crippen LogP contribution in [0.4, 0.5) is 4.39 Å². The summed E-state index contributed by atoms with van der Waals surface area (Å²) >= 11 is 0. The van der Waals surface area contributed by atoms with Gasteiger partial charge < -0.3 is 15.1 Å². The molecule has 0 saturated carbocycles. The van der Waals surface area contributed by atoms with Gasteiger partial charge in [0.2, 0.25) is 6.17 Å². The van der Waals surface area contributed by atoms with Gasteiger partial charge in [-0.3, -0.25) is 0 Å². The molecule has 1 fully saturated rings. The predicted octanol–water partition coefficient (Wildman–Crippen LogP) is 0.254. The van der Waals surface area contributed by atoms with E-state index < -0.39 is 17.7 Å². The van der Waals surface area contributed by atoms with Gasteiger partial charge in [0, 0.05) is 12.6 Å². The molecular weight excluding hydrogens is 189 g/mol. The third-order valence-corrected chi connectivity index (χ3v) is 2.99. The van der Waals surface area contributed by atoms with Crippen molar-refractivity contribution in [2.45, 2.75) is 37.6 Å². The Morgan fingerprint density at radius 1 is 1.71 bits per heavy atom. The Balaban J connectivity index is 2.71. The second kappa shape index (κ2) is 3.82. The summed E-state index contributed by atoms with van der Waals surface area (Å²) in [6.07, 6.45) is -1.85. The largest absolute Gasteiger partial charge is 0.479 e. The van der Waals surface area contributed by atoms with Crippen LogP contribution in [0.1, 0.15) is 19.8 Å². The van der Waals surface area contributed by atoms with Crippen LogP contribution in [0.15, 0.2) is 0 Å². The smallest absolute Gasteiger partial charge is 0.341 e. The van der Waals surface area contributed by atoms with Crippen LogP contribution in [0.25, 0.3) is 0 Å². The maximum atomic E-state index is 13.2. The second-order valence-electron chi connectivity index (χ2n) is 4.09.